The number of carbonyl (C=O) groups excluding carboxylic acids is 1. The molecule has 3 aromatic rings. The van der Waals surface area contributed by atoms with Gasteiger partial charge in [0.1, 0.15) is 0 Å². The van der Waals surface area contributed by atoms with Crippen molar-refractivity contribution in [2.45, 2.75) is 37.8 Å². The standard InChI is InChI=1S/C20H21N3O5S/c1-2-7-18-22-19(28-23-18)14-27-20(24)16-10-6-11-17(12-16)29(25,26)21-13-15-8-4-3-5-9-15/h3-6,8-12,21H,2,7,13-14H2,1H3. The maximum atomic E-state index is 12.5. The molecule has 0 radical (unpaired) electrons. The molecule has 0 bridgehead atoms. The number of nitrogens with one attached hydrogen (secondary N) is 1. The highest BCUT2D eigenvalue weighted by molar-refractivity contribution is 7.89. The average molecular weight is 415 g/mol. The molecule has 0 spiro atoms. The van der Waals surface area contributed by atoms with Gasteiger partial charge in [0.15, 0.2) is 12.4 Å². The van der Waals surface area contributed by atoms with E-state index in [-0.39, 0.29) is 29.5 Å². The van der Waals surface area contributed by atoms with Crippen LogP contribution in [0, 0.1) is 0 Å². The smallest absolute Gasteiger partial charge is 0.338 e. The summed E-state index contributed by atoms with van der Waals surface area (Å²) in [6.07, 6.45) is 1.55. The van der Waals surface area contributed by atoms with Crippen LogP contribution >= 0.6 is 0 Å². The van der Waals surface area contributed by atoms with E-state index >= 15 is 0 Å². The van der Waals surface area contributed by atoms with E-state index in [0.717, 1.165) is 12.0 Å². The minimum Gasteiger partial charge on any atom is -0.452 e. The van der Waals surface area contributed by atoms with Crippen molar-refractivity contribution in [2.24, 2.45) is 0 Å². The van der Waals surface area contributed by atoms with Gasteiger partial charge >= 0.3 is 5.97 Å². The van der Waals surface area contributed by atoms with Gasteiger partial charge in [0, 0.05) is 13.0 Å². The van der Waals surface area contributed by atoms with Crippen LogP contribution in [0.3, 0.4) is 0 Å². The largest absolute Gasteiger partial charge is 0.452 e. The van der Waals surface area contributed by atoms with Crippen molar-refractivity contribution >= 4 is 16.0 Å². The third kappa shape index (κ3) is 5.72. The minimum absolute atomic E-state index is 0.0223. The quantitative estimate of drug-likeness (QED) is 0.535. The summed E-state index contributed by atoms with van der Waals surface area (Å²) in [5.74, 6) is 0.0617. The van der Waals surface area contributed by atoms with Gasteiger partial charge in [0.25, 0.3) is 5.89 Å². The van der Waals surface area contributed by atoms with E-state index in [9.17, 15) is 13.2 Å². The van der Waals surface area contributed by atoms with Crippen molar-refractivity contribution in [3.8, 4) is 0 Å². The SMILES string of the molecule is CCCc1noc(COC(=O)c2cccc(S(=O)(=O)NCc3ccccc3)c2)n1. The molecule has 3 rings (SSSR count). The number of ether oxygens (including phenoxy) is 1. The zero-order chi connectivity index (χ0) is 20.7. The number of hydrogen-bond donors (Lipinski definition) is 1. The first-order chi connectivity index (χ1) is 14.0. The molecule has 8 nitrogen and oxygen atoms in total. The van der Waals surface area contributed by atoms with Crippen LogP contribution in [0.1, 0.15) is 41.0 Å². The maximum Gasteiger partial charge on any atom is 0.338 e. The number of rotatable bonds is 9. The molecule has 0 amide bonds. The second-order valence-corrected chi connectivity index (χ2v) is 8.04. The van der Waals surface area contributed by atoms with Gasteiger partial charge in [-0.25, -0.2) is 17.9 Å². The number of esters is 1. The number of carbonyl (C=O) groups is 1. The van der Waals surface area contributed by atoms with E-state index in [1.807, 2.05) is 37.3 Å². The van der Waals surface area contributed by atoms with Gasteiger partial charge in [0.2, 0.25) is 10.0 Å². The number of hydrogen-bond acceptors (Lipinski definition) is 7. The van der Waals surface area contributed by atoms with E-state index in [1.54, 1.807) is 0 Å². The Morgan fingerprint density at radius 3 is 2.69 bits per heavy atom. The Bertz CT molecular complexity index is 1060. The number of benzene rings is 2. The molecular formula is C20H21N3O5S. The van der Waals surface area contributed by atoms with Crippen molar-refractivity contribution in [1.82, 2.24) is 14.9 Å². The molecule has 0 aliphatic rings. The van der Waals surface area contributed by atoms with Crippen LogP contribution in [0.4, 0.5) is 0 Å². The Kier molecular flexibility index (Phi) is 6.73. The molecule has 152 valence electrons. The van der Waals surface area contributed by atoms with Crippen LogP contribution in [0.5, 0.6) is 0 Å². The summed E-state index contributed by atoms with van der Waals surface area (Å²) in [6.45, 7) is 1.96. The molecule has 0 atom stereocenters. The molecule has 0 saturated carbocycles. The third-order valence-electron chi connectivity index (χ3n) is 4.00. The topological polar surface area (TPSA) is 111 Å². The summed E-state index contributed by atoms with van der Waals surface area (Å²) >= 11 is 0. The van der Waals surface area contributed by atoms with Crippen molar-refractivity contribution in [1.29, 1.82) is 0 Å². The lowest BCUT2D eigenvalue weighted by molar-refractivity contribution is 0.0429. The fraction of sp³-hybridized carbons (Fsp3) is 0.250. The van der Waals surface area contributed by atoms with Crippen molar-refractivity contribution < 1.29 is 22.5 Å². The summed E-state index contributed by atoms with van der Waals surface area (Å²) in [7, 11) is -3.78. The highest BCUT2D eigenvalue weighted by atomic mass is 32.2. The zero-order valence-corrected chi connectivity index (χ0v) is 16.7. The molecule has 1 N–H and O–H groups in total. The van der Waals surface area contributed by atoms with Crippen LogP contribution in [0.2, 0.25) is 0 Å². The third-order valence-corrected chi connectivity index (χ3v) is 5.40. The number of aryl methyl sites for hydroxylation is 1. The highest BCUT2D eigenvalue weighted by Crippen LogP contribution is 2.14. The molecule has 9 heteroatoms. The van der Waals surface area contributed by atoms with Gasteiger partial charge in [0.05, 0.1) is 10.5 Å². The van der Waals surface area contributed by atoms with Crippen LogP contribution in [0.15, 0.2) is 64.0 Å². The Labute approximate surface area is 169 Å². The molecule has 1 aromatic heterocycles. The van der Waals surface area contributed by atoms with Gasteiger partial charge < -0.3 is 9.26 Å². The molecule has 0 aliphatic carbocycles. The first-order valence-electron chi connectivity index (χ1n) is 9.10. The normalized spacial score (nSPS) is 11.3. The Balaban J connectivity index is 1.63. The van der Waals surface area contributed by atoms with Crippen LogP contribution in [0.25, 0.3) is 0 Å². The fourth-order valence-corrected chi connectivity index (χ4v) is 3.60. The number of nitrogens with zero attached hydrogens (tertiary/aromatic N) is 2. The van der Waals surface area contributed by atoms with E-state index in [0.29, 0.717) is 12.2 Å². The van der Waals surface area contributed by atoms with Gasteiger partial charge in [-0.3, -0.25) is 0 Å². The molecule has 1 heterocycles. The molecule has 0 unspecified atom stereocenters. The van der Waals surface area contributed by atoms with Gasteiger partial charge in [-0.1, -0.05) is 48.5 Å². The second-order valence-electron chi connectivity index (χ2n) is 6.27. The predicted molar refractivity (Wildman–Crippen MR) is 104 cm³/mol. The molecule has 29 heavy (non-hydrogen) atoms. The van der Waals surface area contributed by atoms with Gasteiger partial charge in [-0.15, -0.1) is 0 Å². The summed E-state index contributed by atoms with van der Waals surface area (Å²) < 4.78 is 37.7. The van der Waals surface area contributed by atoms with Crippen LogP contribution < -0.4 is 4.72 Å². The number of aromatic nitrogens is 2. The molecule has 2 aromatic carbocycles. The Morgan fingerprint density at radius 2 is 1.93 bits per heavy atom. The van der Waals surface area contributed by atoms with Crippen molar-refractivity contribution in [3.05, 3.63) is 77.4 Å². The van der Waals surface area contributed by atoms with E-state index in [4.69, 9.17) is 9.26 Å². The van der Waals surface area contributed by atoms with E-state index in [2.05, 4.69) is 14.9 Å². The fourth-order valence-electron chi connectivity index (χ4n) is 2.53. The van der Waals surface area contributed by atoms with Gasteiger partial charge in [-0.05, 0) is 30.2 Å². The highest BCUT2D eigenvalue weighted by Gasteiger charge is 2.17. The zero-order valence-electron chi connectivity index (χ0n) is 15.9. The lowest BCUT2D eigenvalue weighted by Gasteiger charge is -2.08. The molecule has 0 saturated heterocycles. The Morgan fingerprint density at radius 1 is 1.14 bits per heavy atom. The molecule has 0 aliphatic heterocycles. The summed E-state index contributed by atoms with van der Waals surface area (Å²) in [5.41, 5.74) is 0.939. The minimum atomic E-state index is -3.78. The Hall–Kier alpha value is -3.04. The summed E-state index contributed by atoms with van der Waals surface area (Å²) in [6, 6.07) is 14.8. The average Bonchev–Trinajstić information content (AvgIpc) is 3.19. The van der Waals surface area contributed by atoms with Crippen molar-refractivity contribution in [3.63, 3.8) is 0 Å². The summed E-state index contributed by atoms with van der Waals surface area (Å²) in [5, 5.41) is 3.78. The van der Waals surface area contributed by atoms with E-state index < -0.39 is 16.0 Å². The van der Waals surface area contributed by atoms with Crippen molar-refractivity contribution in [2.75, 3.05) is 0 Å². The van der Waals surface area contributed by atoms with Crippen LogP contribution in [-0.4, -0.2) is 24.5 Å². The summed E-state index contributed by atoms with van der Waals surface area (Å²) in [4.78, 5) is 16.4. The second kappa shape index (κ2) is 9.44. The maximum absolute atomic E-state index is 12.5. The monoisotopic (exact) mass is 415 g/mol. The molecular weight excluding hydrogens is 394 g/mol. The van der Waals surface area contributed by atoms with Crippen LogP contribution in [-0.2, 0) is 34.3 Å². The molecule has 0 fully saturated rings. The number of sulfonamides is 1. The lowest BCUT2D eigenvalue weighted by Crippen LogP contribution is -2.23. The van der Waals surface area contributed by atoms with E-state index in [1.165, 1.54) is 24.3 Å². The first-order valence-corrected chi connectivity index (χ1v) is 10.6. The predicted octanol–water partition coefficient (Wildman–Crippen LogP) is 2.86. The first kappa shape index (κ1) is 20.7. The van der Waals surface area contributed by atoms with Gasteiger partial charge in [-0.2, -0.15) is 4.98 Å². The lowest BCUT2D eigenvalue weighted by atomic mass is 10.2.